The first kappa shape index (κ1) is 28.4. The van der Waals surface area contributed by atoms with Crippen LogP contribution in [0.3, 0.4) is 0 Å². The molecule has 3 amide bonds. The average Bonchev–Trinajstić information content (AvgIpc) is 2.95. The van der Waals surface area contributed by atoms with E-state index in [2.05, 4.69) is 16.0 Å². The molecule has 4 aromatic rings. The molecule has 0 radical (unpaired) electrons. The summed E-state index contributed by atoms with van der Waals surface area (Å²) in [6, 6.07) is 29.6. The molecule has 3 N–H and O–H groups in total. The number of carbonyl (C=O) groups excluding carboxylic acids is 3. The first-order chi connectivity index (χ1) is 19.3. The summed E-state index contributed by atoms with van der Waals surface area (Å²) in [4.78, 5) is 39.6. The second-order valence-corrected chi connectivity index (χ2v) is 10.5. The quantitative estimate of drug-likeness (QED) is 0.159. The molecular formula is C33H31N3O3S. The maximum absolute atomic E-state index is 13.3. The lowest BCUT2D eigenvalue weighted by molar-refractivity contribution is -0.114. The molecule has 40 heavy (non-hydrogen) atoms. The van der Waals surface area contributed by atoms with Crippen LogP contribution in [0.4, 0.5) is 11.4 Å². The molecule has 0 aliphatic carbocycles. The number of hydrogen-bond acceptors (Lipinski definition) is 4. The van der Waals surface area contributed by atoms with Gasteiger partial charge in [0.25, 0.3) is 11.8 Å². The van der Waals surface area contributed by atoms with E-state index in [0.717, 1.165) is 32.8 Å². The molecule has 0 aromatic heterocycles. The van der Waals surface area contributed by atoms with E-state index >= 15 is 0 Å². The van der Waals surface area contributed by atoms with Crippen LogP contribution in [0, 0.1) is 20.8 Å². The highest BCUT2D eigenvalue weighted by Crippen LogP contribution is 2.23. The number of hydrogen-bond donors (Lipinski definition) is 3. The Morgan fingerprint density at radius 1 is 0.750 bits per heavy atom. The Bertz CT molecular complexity index is 1550. The van der Waals surface area contributed by atoms with Gasteiger partial charge >= 0.3 is 0 Å². The average molecular weight is 550 g/mol. The minimum Gasteiger partial charge on any atom is -0.325 e. The molecule has 0 bridgehead atoms. The van der Waals surface area contributed by atoms with E-state index < -0.39 is 5.91 Å². The predicted octanol–water partition coefficient (Wildman–Crippen LogP) is 6.75. The Labute approximate surface area is 238 Å². The van der Waals surface area contributed by atoms with Crippen molar-refractivity contribution in [3.05, 3.63) is 131 Å². The fraction of sp³-hybridized carbons (Fsp3) is 0.121. The third-order valence-electron chi connectivity index (χ3n) is 6.05. The van der Waals surface area contributed by atoms with Crippen LogP contribution >= 0.6 is 11.8 Å². The predicted molar refractivity (Wildman–Crippen MR) is 163 cm³/mol. The highest BCUT2D eigenvalue weighted by atomic mass is 32.2. The van der Waals surface area contributed by atoms with E-state index in [1.807, 2.05) is 81.4 Å². The Morgan fingerprint density at radius 2 is 1.48 bits per heavy atom. The third-order valence-corrected chi connectivity index (χ3v) is 7.04. The summed E-state index contributed by atoms with van der Waals surface area (Å²) in [5, 5.41) is 8.60. The Morgan fingerprint density at radius 3 is 2.23 bits per heavy atom. The summed E-state index contributed by atoms with van der Waals surface area (Å²) in [5.74, 6) is -0.732. The van der Waals surface area contributed by atoms with Gasteiger partial charge in [0, 0.05) is 21.8 Å². The molecule has 202 valence electrons. The Hall–Kier alpha value is -4.62. The first-order valence-corrected chi connectivity index (χ1v) is 13.8. The topological polar surface area (TPSA) is 87.3 Å². The van der Waals surface area contributed by atoms with Crippen molar-refractivity contribution in [3.63, 3.8) is 0 Å². The summed E-state index contributed by atoms with van der Waals surface area (Å²) in [5.41, 5.74) is 5.86. The molecule has 4 rings (SSSR count). The molecule has 0 atom stereocenters. The molecule has 4 aromatic carbocycles. The summed E-state index contributed by atoms with van der Waals surface area (Å²) in [6.07, 6.45) is 1.64. The maximum Gasteiger partial charge on any atom is 0.272 e. The van der Waals surface area contributed by atoms with Gasteiger partial charge in [0.2, 0.25) is 5.91 Å². The highest BCUT2D eigenvalue weighted by Gasteiger charge is 2.15. The van der Waals surface area contributed by atoms with Gasteiger partial charge in [-0.2, -0.15) is 0 Å². The molecule has 7 heteroatoms. The van der Waals surface area contributed by atoms with Gasteiger partial charge in [-0.25, -0.2) is 0 Å². The van der Waals surface area contributed by atoms with E-state index in [1.165, 1.54) is 11.8 Å². The van der Waals surface area contributed by atoms with Gasteiger partial charge in [0.15, 0.2) is 0 Å². The number of thioether (sulfide) groups is 1. The molecule has 0 saturated heterocycles. The lowest BCUT2D eigenvalue weighted by Gasteiger charge is -2.12. The molecule has 0 unspecified atom stereocenters. The zero-order chi connectivity index (χ0) is 28.5. The van der Waals surface area contributed by atoms with Gasteiger partial charge in [-0.15, -0.1) is 11.8 Å². The second-order valence-electron chi connectivity index (χ2n) is 9.43. The van der Waals surface area contributed by atoms with E-state index in [0.29, 0.717) is 11.3 Å². The molecule has 0 aliphatic heterocycles. The second kappa shape index (κ2) is 13.4. The largest absolute Gasteiger partial charge is 0.325 e. The van der Waals surface area contributed by atoms with E-state index in [-0.39, 0.29) is 23.3 Å². The van der Waals surface area contributed by atoms with Gasteiger partial charge in [0.05, 0.1) is 5.75 Å². The molecular weight excluding hydrogens is 518 g/mol. The van der Waals surface area contributed by atoms with Crippen molar-refractivity contribution in [2.45, 2.75) is 25.7 Å². The minimum atomic E-state index is -0.459. The number of anilines is 2. The zero-order valence-corrected chi connectivity index (χ0v) is 23.5. The fourth-order valence-corrected chi connectivity index (χ4v) is 4.59. The van der Waals surface area contributed by atoms with Gasteiger partial charge in [-0.05, 0) is 79.9 Å². The van der Waals surface area contributed by atoms with Crippen molar-refractivity contribution < 1.29 is 14.4 Å². The number of benzene rings is 4. The van der Waals surface area contributed by atoms with Crippen LogP contribution in [0.15, 0.2) is 108 Å². The van der Waals surface area contributed by atoms with Crippen LogP contribution < -0.4 is 16.0 Å². The maximum atomic E-state index is 13.3. The highest BCUT2D eigenvalue weighted by molar-refractivity contribution is 8.00. The van der Waals surface area contributed by atoms with Crippen LogP contribution in [0.25, 0.3) is 6.08 Å². The molecule has 0 spiro atoms. The number of aryl methyl sites for hydroxylation is 3. The number of carbonyl (C=O) groups is 3. The zero-order valence-electron chi connectivity index (χ0n) is 22.7. The standard InChI is InChI=1S/C33H31N3O3S/c1-22-13-16-25(17-14-22)19-30(36-32(38)26-8-5-4-6-9-26)33(39)34-27-10-7-11-28(20-27)40-21-31(37)35-29-18-23(2)12-15-24(29)3/h4-20H,21H2,1-3H3,(H,34,39)(H,35,37)(H,36,38)/b30-19-. The monoisotopic (exact) mass is 549 g/mol. The fourth-order valence-electron chi connectivity index (χ4n) is 3.84. The van der Waals surface area contributed by atoms with Gasteiger partial charge < -0.3 is 16.0 Å². The number of rotatable bonds is 9. The smallest absolute Gasteiger partial charge is 0.272 e. The van der Waals surface area contributed by atoms with Crippen molar-refractivity contribution in [3.8, 4) is 0 Å². The summed E-state index contributed by atoms with van der Waals surface area (Å²) in [7, 11) is 0. The lowest BCUT2D eigenvalue weighted by atomic mass is 10.1. The van der Waals surface area contributed by atoms with Crippen molar-refractivity contribution in [1.29, 1.82) is 0 Å². The van der Waals surface area contributed by atoms with E-state index in [1.54, 1.807) is 42.5 Å². The summed E-state index contributed by atoms with van der Waals surface area (Å²) in [6.45, 7) is 5.92. The van der Waals surface area contributed by atoms with Gasteiger partial charge in [-0.3, -0.25) is 14.4 Å². The van der Waals surface area contributed by atoms with Crippen molar-refractivity contribution in [2.24, 2.45) is 0 Å². The van der Waals surface area contributed by atoms with Crippen molar-refractivity contribution in [2.75, 3.05) is 16.4 Å². The summed E-state index contributed by atoms with van der Waals surface area (Å²) < 4.78 is 0. The molecule has 0 heterocycles. The van der Waals surface area contributed by atoms with E-state index in [4.69, 9.17) is 0 Å². The van der Waals surface area contributed by atoms with Crippen molar-refractivity contribution in [1.82, 2.24) is 5.32 Å². The van der Waals surface area contributed by atoms with E-state index in [9.17, 15) is 14.4 Å². The lowest BCUT2D eigenvalue weighted by Crippen LogP contribution is -2.30. The van der Waals surface area contributed by atoms with Crippen LogP contribution in [0.1, 0.15) is 32.6 Å². The Kier molecular flexibility index (Phi) is 9.54. The van der Waals surface area contributed by atoms with Crippen LogP contribution in [-0.4, -0.2) is 23.5 Å². The number of nitrogens with one attached hydrogen (secondary N) is 3. The molecule has 6 nitrogen and oxygen atoms in total. The Balaban J connectivity index is 1.45. The minimum absolute atomic E-state index is 0.111. The number of amides is 3. The normalized spacial score (nSPS) is 11.0. The third kappa shape index (κ3) is 8.19. The van der Waals surface area contributed by atoms with Gasteiger partial charge in [-0.1, -0.05) is 66.2 Å². The van der Waals surface area contributed by atoms with Crippen molar-refractivity contribution >= 4 is 46.9 Å². The van der Waals surface area contributed by atoms with Crippen LogP contribution in [-0.2, 0) is 9.59 Å². The molecule has 0 aliphatic rings. The molecule has 0 saturated carbocycles. The van der Waals surface area contributed by atoms with Gasteiger partial charge in [0.1, 0.15) is 5.70 Å². The SMILES string of the molecule is Cc1ccc(/C=C(\NC(=O)c2ccccc2)C(=O)Nc2cccc(SCC(=O)Nc3cc(C)ccc3C)c2)cc1. The summed E-state index contributed by atoms with van der Waals surface area (Å²) >= 11 is 1.37. The molecule has 0 fully saturated rings. The van der Waals surface area contributed by atoms with Crippen LogP contribution in [0.2, 0.25) is 0 Å². The first-order valence-electron chi connectivity index (χ1n) is 12.8. The van der Waals surface area contributed by atoms with Crippen LogP contribution in [0.5, 0.6) is 0 Å².